The summed E-state index contributed by atoms with van der Waals surface area (Å²) in [6.45, 7) is 3.56. The second kappa shape index (κ2) is 7.97. The number of anilines is 1. The molecule has 1 saturated heterocycles. The van der Waals surface area contributed by atoms with Gasteiger partial charge in [0.15, 0.2) is 0 Å². The molecular formula is C23H25N3O2. The first kappa shape index (κ1) is 18.4. The molecular weight excluding hydrogens is 350 g/mol. The minimum Gasteiger partial charge on any atom is -0.481 e. The molecule has 3 aromatic rings. The van der Waals surface area contributed by atoms with E-state index in [1.807, 2.05) is 31.3 Å². The van der Waals surface area contributed by atoms with E-state index in [2.05, 4.69) is 40.2 Å². The van der Waals surface area contributed by atoms with E-state index in [1.165, 1.54) is 10.8 Å². The summed E-state index contributed by atoms with van der Waals surface area (Å²) in [5, 5.41) is 11.8. The van der Waals surface area contributed by atoms with Crippen LogP contribution in [0, 0.1) is 11.8 Å². The van der Waals surface area contributed by atoms with Crippen molar-refractivity contribution >= 4 is 22.7 Å². The molecule has 1 aliphatic heterocycles. The molecule has 5 heteroatoms. The van der Waals surface area contributed by atoms with Crippen molar-refractivity contribution < 1.29 is 9.90 Å². The molecule has 0 radical (unpaired) electrons. The van der Waals surface area contributed by atoms with Crippen LogP contribution >= 0.6 is 0 Å². The maximum atomic E-state index is 11.4. The summed E-state index contributed by atoms with van der Waals surface area (Å²) in [4.78, 5) is 22.9. The van der Waals surface area contributed by atoms with Gasteiger partial charge in [-0.15, -0.1) is 0 Å². The van der Waals surface area contributed by atoms with Crippen molar-refractivity contribution in [2.45, 2.75) is 26.2 Å². The summed E-state index contributed by atoms with van der Waals surface area (Å²) in [5.74, 6) is 0.0532. The van der Waals surface area contributed by atoms with Crippen molar-refractivity contribution in [3.05, 3.63) is 54.7 Å². The second-order valence-electron chi connectivity index (χ2n) is 7.48. The van der Waals surface area contributed by atoms with E-state index >= 15 is 0 Å². The highest BCUT2D eigenvalue weighted by atomic mass is 16.4. The molecule has 4 rings (SSSR count). The molecule has 5 nitrogen and oxygen atoms in total. The number of carboxylic acids is 1. The van der Waals surface area contributed by atoms with Gasteiger partial charge >= 0.3 is 5.97 Å². The van der Waals surface area contributed by atoms with Gasteiger partial charge in [0.25, 0.3) is 0 Å². The monoisotopic (exact) mass is 375 g/mol. The summed E-state index contributed by atoms with van der Waals surface area (Å²) in [5.41, 5.74) is 1.99. The van der Waals surface area contributed by atoms with Crippen LogP contribution in [-0.2, 0) is 4.79 Å². The van der Waals surface area contributed by atoms with Gasteiger partial charge in [-0.05, 0) is 48.1 Å². The van der Waals surface area contributed by atoms with Crippen molar-refractivity contribution in [2.24, 2.45) is 11.8 Å². The molecule has 0 bridgehead atoms. The summed E-state index contributed by atoms with van der Waals surface area (Å²) in [6.07, 6.45) is 4.24. The van der Waals surface area contributed by atoms with Crippen molar-refractivity contribution in [2.75, 3.05) is 18.0 Å². The molecule has 2 aromatic carbocycles. The van der Waals surface area contributed by atoms with E-state index < -0.39 is 5.97 Å². The van der Waals surface area contributed by atoms with E-state index in [4.69, 9.17) is 4.98 Å². The number of nitrogens with zero attached hydrogens (tertiary/aromatic N) is 3. The SMILES string of the molecule is CCC(C(=O)O)C1CCN(c2nccc(-c3ccc4ccccc4c3)n2)CC1. The molecule has 144 valence electrons. The third-order valence-corrected chi connectivity index (χ3v) is 5.84. The maximum absolute atomic E-state index is 11.4. The zero-order chi connectivity index (χ0) is 19.5. The number of hydrogen-bond acceptors (Lipinski definition) is 4. The normalized spacial score (nSPS) is 16.2. The molecule has 1 unspecified atom stereocenters. The number of hydrogen-bond donors (Lipinski definition) is 1. The lowest BCUT2D eigenvalue weighted by atomic mass is 9.83. The van der Waals surface area contributed by atoms with Gasteiger partial charge in [0, 0.05) is 24.8 Å². The Balaban J connectivity index is 1.52. The average Bonchev–Trinajstić information content (AvgIpc) is 2.74. The number of carboxylic acid groups (broad SMARTS) is 1. The zero-order valence-electron chi connectivity index (χ0n) is 16.1. The van der Waals surface area contributed by atoms with Gasteiger partial charge in [-0.25, -0.2) is 9.97 Å². The third-order valence-electron chi connectivity index (χ3n) is 5.84. The lowest BCUT2D eigenvalue weighted by Gasteiger charge is -2.34. The largest absolute Gasteiger partial charge is 0.481 e. The number of rotatable bonds is 5. The van der Waals surface area contributed by atoms with E-state index in [1.54, 1.807) is 0 Å². The van der Waals surface area contributed by atoms with E-state index in [0.717, 1.165) is 43.1 Å². The number of piperidine rings is 1. The maximum Gasteiger partial charge on any atom is 0.306 e. The fraction of sp³-hybridized carbons (Fsp3) is 0.348. The topological polar surface area (TPSA) is 66.3 Å². The molecule has 1 aliphatic rings. The Morgan fingerprint density at radius 3 is 2.61 bits per heavy atom. The minimum absolute atomic E-state index is 0.238. The molecule has 0 saturated carbocycles. The van der Waals surface area contributed by atoms with E-state index in [0.29, 0.717) is 6.42 Å². The average molecular weight is 375 g/mol. The van der Waals surface area contributed by atoms with Gasteiger partial charge in [-0.1, -0.05) is 43.3 Å². The molecule has 1 aromatic heterocycles. The number of fused-ring (bicyclic) bond motifs is 1. The fourth-order valence-corrected chi connectivity index (χ4v) is 4.22. The lowest BCUT2D eigenvalue weighted by Crippen LogP contribution is -2.38. The van der Waals surface area contributed by atoms with Crippen LogP contribution in [0.25, 0.3) is 22.0 Å². The van der Waals surface area contributed by atoms with Crippen LogP contribution in [-0.4, -0.2) is 34.1 Å². The predicted octanol–water partition coefficient (Wildman–Crippen LogP) is 4.62. The van der Waals surface area contributed by atoms with Crippen LogP contribution in [0.2, 0.25) is 0 Å². The highest BCUT2D eigenvalue weighted by Gasteiger charge is 2.30. The molecule has 28 heavy (non-hydrogen) atoms. The summed E-state index contributed by atoms with van der Waals surface area (Å²) < 4.78 is 0. The van der Waals surface area contributed by atoms with Crippen LogP contribution in [0.3, 0.4) is 0 Å². The van der Waals surface area contributed by atoms with Gasteiger partial charge in [0.2, 0.25) is 5.95 Å². The number of benzene rings is 2. The first-order valence-electron chi connectivity index (χ1n) is 9.95. The van der Waals surface area contributed by atoms with Crippen molar-refractivity contribution in [3.63, 3.8) is 0 Å². The zero-order valence-corrected chi connectivity index (χ0v) is 16.1. The number of carbonyl (C=O) groups is 1. The van der Waals surface area contributed by atoms with Gasteiger partial charge < -0.3 is 10.0 Å². The predicted molar refractivity (Wildman–Crippen MR) is 111 cm³/mol. The number of aliphatic carboxylic acids is 1. The Bertz CT molecular complexity index is 980. The Morgan fingerprint density at radius 2 is 1.89 bits per heavy atom. The summed E-state index contributed by atoms with van der Waals surface area (Å²) >= 11 is 0. The Hall–Kier alpha value is -2.95. The van der Waals surface area contributed by atoms with Crippen LogP contribution in [0.15, 0.2) is 54.7 Å². The van der Waals surface area contributed by atoms with Crippen LogP contribution < -0.4 is 4.90 Å². The second-order valence-corrected chi connectivity index (χ2v) is 7.48. The van der Waals surface area contributed by atoms with Gasteiger partial charge in [-0.2, -0.15) is 0 Å². The van der Waals surface area contributed by atoms with Crippen LogP contribution in [0.5, 0.6) is 0 Å². The van der Waals surface area contributed by atoms with Crippen molar-refractivity contribution in [1.82, 2.24) is 9.97 Å². The van der Waals surface area contributed by atoms with Crippen LogP contribution in [0.4, 0.5) is 5.95 Å². The first-order valence-corrected chi connectivity index (χ1v) is 9.95. The molecule has 1 fully saturated rings. The standard InChI is InChI=1S/C23H25N3O2/c1-2-20(22(27)28)17-10-13-26(14-11-17)23-24-12-9-21(25-23)19-8-7-16-5-3-4-6-18(16)15-19/h3-9,12,15,17,20H,2,10-11,13-14H2,1H3,(H,27,28). The van der Waals surface area contributed by atoms with E-state index in [9.17, 15) is 9.90 Å². The van der Waals surface area contributed by atoms with Gasteiger partial charge in [-0.3, -0.25) is 4.79 Å². The number of aromatic nitrogens is 2. The van der Waals surface area contributed by atoms with Crippen LogP contribution in [0.1, 0.15) is 26.2 Å². The summed E-state index contributed by atoms with van der Waals surface area (Å²) in [6, 6.07) is 16.6. The van der Waals surface area contributed by atoms with Crippen molar-refractivity contribution in [3.8, 4) is 11.3 Å². The molecule has 1 N–H and O–H groups in total. The Kier molecular flexibility index (Phi) is 5.24. The molecule has 0 spiro atoms. The van der Waals surface area contributed by atoms with E-state index in [-0.39, 0.29) is 11.8 Å². The molecule has 1 atom stereocenters. The van der Waals surface area contributed by atoms with Gasteiger partial charge in [0.05, 0.1) is 11.6 Å². The molecule has 0 amide bonds. The highest BCUT2D eigenvalue weighted by Crippen LogP contribution is 2.30. The first-order chi connectivity index (χ1) is 13.7. The fourth-order valence-electron chi connectivity index (χ4n) is 4.22. The minimum atomic E-state index is -0.671. The third kappa shape index (κ3) is 3.70. The Morgan fingerprint density at radius 1 is 1.14 bits per heavy atom. The molecule has 2 heterocycles. The quantitative estimate of drug-likeness (QED) is 0.705. The van der Waals surface area contributed by atoms with Crippen molar-refractivity contribution in [1.29, 1.82) is 0 Å². The summed E-state index contributed by atoms with van der Waals surface area (Å²) in [7, 11) is 0. The molecule has 0 aliphatic carbocycles. The Labute approximate surface area is 165 Å². The lowest BCUT2D eigenvalue weighted by molar-refractivity contribution is -0.144. The smallest absolute Gasteiger partial charge is 0.306 e. The van der Waals surface area contributed by atoms with Gasteiger partial charge in [0.1, 0.15) is 0 Å². The highest BCUT2D eigenvalue weighted by molar-refractivity contribution is 5.86.